The number of terminal acetylenes is 1. The van der Waals surface area contributed by atoms with Crippen molar-refractivity contribution in [2.45, 2.75) is 6.54 Å². The summed E-state index contributed by atoms with van der Waals surface area (Å²) in [6.45, 7) is 1.26. The Morgan fingerprint density at radius 1 is 1.75 bits per heavy atom. The van der Waals surface area contributed by atoms with Gasteiger partial charge in [0.2, 0.25) is 0 Å². The van der Waals surface area contributed by atoms with Gasteiger partial charge in [0.05, 0.1) is 12.3 Å². The van der Waals surface area contributed by atoms with Crippen LogP contribution in [0.5, 0.6) is 0 Å². The fourth-order valence-corrected chi connectivity index (χ4v) is 1.53. The SMILES string of the molecule is C#CCSCCNCc1cc(C(=O)O)no1. The van der Waals surface area contributed by atoms with E-state index in [2.05, 4.69) is 16.4 Å². The molecule has 1 heterocycles. The number of aromatic carboxylic acids is 1. The lowest BCUT2D eigenvalue weighted by atomic mass is 10.3. The first-order valence-corrected chi connectivity index (χ1v) is 5.80. The summed E-state index contributed by atoms with van der Waals surface area (Å²) in [6.07, 6.45) is 5.10. The van der Waals surface area contributed by atoms with E-state index in [1.165, 1.54) is 6.07 Å². The Hall–Kier alpha value is -1.45. The number of nitrogens with one attached hydrogen (secondary N) is 1. The third-order valence-corrected chi connectivity index (χ3v) is 2.55. The van der Waals surface area contributed by atoms with E-state index in [0.717, 1.165) is 12.3 Å². The van der Waals surface area contributed by atoms with E-state index in [-0.39, 0.29) is 5.69 Å². The molecule has 0 atom stereocenters. The van der Waals surface area contributed by atoms with E-state index < -0.39 is 5.97 Å². The van der Waals surface area contributed by atoms with Crippen molar-refractivity contribution in [1.29, 1.82) is 0 Å². The van der Waals surface area contributed by atoms with Crippen LogP contribution in [0, 0.1) is 12.3 Å². The summed E-state index contributed by atoms with van der Waals surface area (Å²) >= 11 is 1.66. The molecule has 0 amide bonds. The summed E-state index contributed by atoms with van der Waals surface area (Å²) in [5.41, 5.74) is -0.0708. The number of rotatable bonds is 7. The van der Waals surface area contributed by atoms with E-state index in [1.54, 1.807) is 11.8 Å². The van der Waals surface area contributed by atoms with Crippen LogP contribution in [0.4, 0.5) is 0 Å². The molecule has 0 saturated carbocycles. The maximum absolute atomic E-state index is 10.5. The Balaban J connectivity index is 2.17. The second-order valence-electron chi connectivity index (χ2n) is 2.92. The summed E-state index contributed by atoms with van der Waals surface area (Å²) in [5, 5.41) is 15.1. The first-order valence-electron chi connectivity index (χ1n) is 4.65. The molecule has 0 aliphatic rings. The summed E-state index contributed by atoms with van der Waals surface area (Å²) in [5.74, 6) is 3.57. The minimum Gasteiger partial charge on any atom is -0.476 e. The van der Waals surface area contributed by atoms with Gasteiger partial charge in [-0.1, -0.05) is 11.1 Å². The third-order valence-electron chi connectivity index (χ3n) is 1.69. The Morgan fingerprint density at radius 2 is 2.56 bits per heavy atom. The summed E-state index contributed by atoms with van der Waals surface area (Å²) in [4.78, 5) is 10.5. The molecule has 86 valence electrons. The van der Waals surface area contributed by atoms with Crippen LogP contribution >= 0.6 is 11.8 Å². The fourth-order valence-electron chi connectivity index (χ4n) is 0.984. The molecule has 0 fully saturated rings. The highest BCUT2D eigenvalue weighted by Crippen LogP contribution is 2.03. The maximum atomic E-state index is 10.5. The fraction of sp³-hybridized carbons (Fsp3) is 0.400. The molecule has 0 spiro atoms. The Kier molecular flexibility index (Phi) is 5.46. The zero-order chi connectivity index (χ0) is 11.8. The predicted molar refractivity (Wildman–Crippen MR) is 61.3 cm³/mol. The first kappa shape index (κ1) is 12.6. The molecule has 1 rings (SSSR count). The van der Waals surface area contributed by atoms with Crippen molar-refractivity contribution in [3.05, 3.63) is 17.5 Å². The zero-order valence-electron chi connectivity index (χ0n) is 8.60. The topological polar surface area (TPSA) is 75.4 Å². The molecule has 0 aromatic carbocycles. The van der Waals surface area contributed by atoms with Crippen LogP contribution in [0.25, 0.3) is 0 Å². The number of hydrogen-bond donors (Lipinski definition) is 2. The van der Waals surface area contributed by atoms with Gasteiger partial charge in [0.15, 0.2) is 11.5 Å². The lowest BCUT2D eigenvalue weighted by molar-refractivity contribution is 0.0685. The summed E-state index contributed by atoms with van der Waals surface area (Å²) in [7, 11) is 0. The molecule has 0 aliphatic heterocycles. The normalized spacial score (nSPS) is 9.94. The minimum atomic E-state index is -1.08. The number of carbonyl (C=O) groups is 1. The molecule has 1 aromatic heterocycles. The number of thioether (sulfide) groups is 1. The minimum absolute atomic E-state index is 0.0708. The number of aromatic nitrogens is 1. The molecular formula is C10H12N2O3S. The van der Waals surface area contributed by atoms with Gasteiger partial charge in [-0.15, -0.1) is 18.2 Å². The predicted octanol–water partition coefficient (Wildman–Crippen LogP) is 0.829. The Bertz CT molecular complexity index is 384. The van der Waals surface area contributed by atoms with Crippen LogP contribution in [0.1, 0.15) is 16.2 Å². The van der Waals surface area contributed by atoms with Crippen molar-refractivity contribution in [1.82, 2.24) is 10.5 Å². The summed E-state index contributed by atoms with van der Waals surface area (Å²) < 4.78 is 4.82. The van der Waals surface area contributed by atoms with E-state index >= 15 is 0 Å². The van der Waals surface area contributed by atoms with Gasteiger partial charge < -0.3 is 14.9 Å². The lowest BCUT2D eigenvalue weighted by Crippen LogP contribution is -2.16. The quantitative estimate of drug-likeness (QED) is 0.543. The van der Waals surface area contributed by atoms with Gasteiger partial charge in [-0.25, -0.2) is 4.79 Å². The molecule has 1 aromatic rings. The molecule has 5 nitrogen and oxygen atoms in total. The van der Waals surface area contributed by atoms with Crippen LogP contribution in [0.15, 0.2) is 10.6 Å². The number of nitrogens with zero attached hydrogens (tertiary/aromatic N) is 1. The van der Waals surface area contributed by atoms with E-state index in [1.807, 2.05) is 0 Å². The average Bonchev–Trinajstić information content (AvgIpc) is 2.72. The van der Waals surface area contributed by atoms with Crippen molar-refractivity contribution in [2.75, 3.05) is 18.1 Å². The van der Waals surface area contributed by atoms with Gasteiger partial charge in [-0.05, 0) is 0 Å². The van der Waals surface area contributed by atoms with Crippen molar-refractivity contribution >= 4 is 17.7 Å². The third kappa shape index (κ3) is 4.38. The van der Waals surface area contributed by atoms with Crippen molar-refractivity contribution in [2.24, 2.45) is 0 Å². The first-order chi connectivity index (χ1) is 7.74. The van der Waals surface area contributed by atoms with Crippen LogP contribution in [-0.2, 0) is 6.54 Å². The van der Waals surface area contributed by atoms with Gasteiger partial charge in [0.1, 0.15) is 0 Å². The molecule has 0 aliphatic carbocycles. The average molecular weight is 240 g/mol. The largest absolute Gasteiger partial charge is 0.476 e. The smallest absolute Gasteiger partial charge is 0.358 e. The highest BCUT2D eigenvalue weighted by molar-refractivity contribution is 7.99. The number of hydrogen-bond acceptors (Lipinski definition) is 5. The van der Waals surface area contributed by atoms with E-state index in [0.29, 0.717) is 18.1 Å². The van der Waals surface area contributed by atoms with Crippen molar-refractivity contribution < 1.29 is 14.4 Å². The molecule has 0 saturated heterocycles. The van der Waals surface area contributed by atoms with Gasteiger partial charge in [-0.2, -0.15) is 0 Å². The Morgan fingerprint density at radius 3 is 3.19 bits per heavy atom. The number of carboxylic acids is 1. The van der Waals surface area contributed by atoms with Gasteiger partial charge in [0, 0.05) is 18.4 Å². The molecule has 16 heavy (non-hydrogen) atoms. The van der Waals surface area contributed by atoms with E-state index in [4.69, 9.17) is 16.1 Å². The molecule has 2 N–H and O–H groups in total. The molecule has 0 bridgehead atoms. The molecule has 0 unspecified atom stereocenters. The van der Waals surface area contributed by atoms with Gasteiger partial charge in [-0.3, -0.25) is 0 Å². The van der Waals surface area contributed by atoms with Crippen molar-refractivity contribution in [3.63, 3.8) is 0 Å². The van der Waals surface area contributed by atoms with Crippen LogP contribution in [0.3, 0.4) is 0 Å². The van der Waals surface area contributed by atoms with Crippen LogP contribution < -0.4 is 5.32 Å². The number of carboxylic acid groups (broad SMARTS) is 1. The second-order valence-corrected chi connectivity index (χ2v) is 4.02. The molecule has 0 radical (unpaired) electrons. The monoisotopic (exact) mass is 240 g/mol. The maximum Gasteiger partial charge on any atom is 0.358 e. The summed E-state index contributed by atoms with van der Waals surface area (Å²) in [6, 6.07) is 1.41. The molecular weight excluding hydrogens is 228 g/mol. The molecule has 6 heteroatoms. The van der Waals surface area contributed by atoms with Crippen molar-refractivity contribution in [3.8, 4) is 12.3 Å². The second kappa shape index (κ2) is 6.93. The van der Waals surface area contributed by atoms with Crippen LogP contribution in [-0.4, -0.2) is 34.3 Å². The standard InChI is InChI=1S/C10H12N2O3S/c1-2-4-16-5-3-11-7-8-6-9(10(13)14)12-15-8/h1,6,11H,3-5,7H2,(H,13,14). The lowest BCUT2D eigenvalue weighted by Gasteiger charge is -1.99. The highest BCUT2D eigenvalue weighted by atomic mass is 32.2. The van der Waals surface area contributed by atoms with Gasteiger partial charge in [0.25, 0.3) is 0 Å². The highest BCUT2D eigenvalue weighted by Gasteiger charge is 2.09. The zero-order valence-corrected chi connectivity index (χ0v) is 9.42. The van der Waals surface area contributed by atoms with E-state index in [9.17, 15) is 4.79 Å². The van der Waals surface area contributed by atoms with Gasteiger partial charge >= 0.3 is 5.97 Å². The van der Waals surface area contributed by atoms with Crippen LogP contribution in [0.2, 0.25) is 0 Å². The Labute approximate surface area is 97.6 Å².